The molecule has 0 spiro atoms. The second kappa shape index (κ2) is 1.86. The van der Waals surface area contributed by atoms with Crippen molar-refractivity contribution in [2.75, 3.05) is 0 Å². The van der Waals surface area contributed by atoms with Crippen molar-refractivity contribution in [3.63, 3.8) is 0 Å². The van der Waals surface area contributed by atoms with E-state index in [4.69, 9.17) is 0 Å². The summed E-state index contributed by atoms with van der Waals surface area (Å²) >= 11 is 0. The predicted molar refractivity (Wildman–Crippen MR) is 26.0 cm³/mol. The van der Waals surface area contributed by atoms with Crippen LogP contribution in [0.3, 0.4) is 0 Å². The van der Waals surface area contributed by atoms with Gasteiger partial charge in [0.1, 0.15) is 0 Å². The van der Waals surface area contributed by atoms with Crippen LogP contribution in [0.5, 0.6) is 0 Å². The van der Waals surface area contributed by atoms with E-state index in [2.05, 4.69) is 4.99 Å². The molecule has 0 aromatic carbocycles. The summed E-state index contributed by atoms with van der Waals surface area (Å²) in [6.07, 6.45) is -0.459. The van der Waals surface area contributed by atoms with Crippen LogP contribution in [0.2, 0.25) is 0 Å². The van der Waals surface area contributed by atoms with Gasteiger partial charge in [0.2, 0.25) is 0 Å². The van der Waals surface area contributed by atoms with Crippen molar-refractivity contribution in [1.82, 2.24) is 0 Å². The van der Waals surface area contributed by atoms with Gasteiger partial charge in [-0.3, -0.25) is 0 Å². The smallest absolute Gasteiger partial charge is 0.233 e. The van der Waals surface area contributed by atoms with Crippen molar-refractivity contribution >= 4 is 6.21 Å². The molecule has 0 aromatic heterocycles. The highest BCUT2D eigenvalue weighted by Crippen LogP contribution is 2.18. The highest BCUT2D eigenvalue weighted by molar-refractivity contribution is 5.67. The van der Waals surface area contributed by atoms with Crippen LogP contribution in [0.25, 0.3) is 0 Å². The third kappa shape index (κ3) is 1.31. The summed E-state index contributed by atoms with van der Waals surface area (Å²) in [7, 11) is 0. The van der Waals surface area contributed by atoms with Crippen molar-refractivity contribution in [1.29, 1.82) is 0 Å². The van der Waals surface area contributed by atoms with Gasteiger partial charge in [0.15, 0.2) is 6.21 Å². The number of rotatable bonds is 0. The number of alkyl halides is 3. The third-order valence-corrected chi connectivity index (χ3v) is 1.03. The zero-order valence-corrected chi connectivity index (χ0v) is 4.44. The van der Waals surface area contributed by atoms with E-state index in [1.165, 1.54) is 12.3 Å². The van der Waals surface area contributed by atoms with Gasteiger partial charge in [-0.25, -0.2) is 4.99 Å². The molecule has 0 aromatic rings. The van der Waals surface area contributed by atoms with Crippen LogP contribution in [-0.4, -0.2) is 18.4 Å². The van der Waals surface area contributed by atoms with Gasteiger partial charge in [0.25, 0.3) is 6.04 Å². The molecule has 0 radical (unpaired) electrons. The average molecular weight is 136 g/mol. The van der Waals surface area contributed by atoms with Crippen LogP contribution < -0.4 is 4.99 Å². The van der Waals surface area contributed by atoms with E-state index in [0.717, 1.165) is 6.08 Å². The molecule has 0 saturated heterocycles. The van der Waals surface area contributed by atoms with Gasteiger partial charge < -0.3 is 0 Å². The first-order valence-corrected chi connectivity index (χ1v) is 2.43. The SMILES string of the molecule is FC(F)(F)C1C=CC=[NH+]1. The van der Waals surface area contributed by atoms with E-state index in [1.807, 2.05) is 0 Å². The van der Waals surface area contributed by atoms with E-state index >= 15 is 0 Å². The lowest BCUT2D eigenvalue weighted by Gasteiger charge is -2.03. The molecule has 1 aliphatic rings. The molecule has 0 saturated carbocycles. The molecule has 1 unspecified atom stereocenters. The summed E-state index contributed by atoms with van der Waals surface area (Å²) in [6.45, 7) is 0. The molecule has 0 bridgehead atoms. The Morgan fingerprint density at radius 1 is 1.33 bits per heavy atom. The molecular formula is C5H5F3N+. The first kappa shape index (κ1) is 6.32. The molecule has 50 valence electrons. The Bertz CT molecular complexity index is 144. The molecule has 1 aliphatic heterocycles. The Balaban J connectivity index is 2.64. The summed E-state index contributed by atoms with van der Waals surface area (Å²) in [5.41, 5.74) is 0. The van der Waals surface area contributed by atoms with Gasteiger partial charge >= 0.3 is 6.18 Å². The summed E-state index contributed by atoms with van der Waals surface area (Å²) in [5.74, 6) is 0. The number of halogens is 3. The highest BCUT2D eigenvalue weighted by atomic mass is 19.4. The van der Waals surface area contributed by atoms with Gasteiger partial charge in [-0.15, -0.1) is 0 Å². The zero-order chi connectivity index (χ0) is 6.91. The molecule has 4 heteroatoms. The molecule has 9 heavy (non-hydrogen) atoms. The van der Waals surface area contributed by atoms with Crippen molar-refractivity contribution in [3.8, 4) is 0 Å². The van der Waals surface area contributed by atoms with Gasteiger partial charge in [0, 0.05) is 6.08 Å². The fourth-order valence-corrected chi connectivity index (χ4v) is 0.585. The zero-order valence-electron chi connectivity index (χ0n) is 4.44. The first-order chi connectivity index (χ1) is 4.11. The Morgan fingerprint density at radius 2 is 2.00 bits per heavy atom. The average Bonchev–Trinajstić information content (AvgIpc) is 2.08. The molecule has 1 rings (SSSR count). The quantitative estimate of drug-likeness (QED) is 0.467. The van der Waals surface area contributed by atoms with Crippen molar-refractivity contribution in [2.24, 2.45) is 0 Å². The van der Waals surface area contributed by atoms with E-state index in [-0.39, 0.29) is 0 Å². The Morgan fingerprint density at radius 3 is 2.22 bits per heavy atom. The second-order valence-electron chi connectivity index (χ2n) is 1.74. The van der Waals surface area contributed by atoms with Gasteiger partial charge in [-0.1, -0.05) is 0 Å². The standard InChI is InChI=1S/C5H4F3N/c6-5(7,8)4-2-1-3-9-4/h1-4H/p+1. The van der Waals surface area contributed by atoms with E-state index < -0.39 is 12.2 Å². The second-order valence-corrected chi connectivity index (χ2v) is 1.74. The van der Waals surface area contributed by atoms with E-state index in [9.17, 15) is 13.2 Å². The number of nitrogens with one attached hydrogen (secondary N) is 1. The van der Waals surface area contributed by atoms with Gasteiger partial charge in [-0.2, -0.15) is 13.2 Å². The maximum absolute atomic E-state index is 11.6. The van der Waals surface area contributed by atoms with E-state index in [1.54, 1.807) is 0 Å². The maximum Gasteiger partial charge on any atom is 0.455 e. The minimum absolute atomic E-state index is 1.07. The minimum Gasteiger partial charge on any atom is -0.233 e. The number of allylic oxidation sites excluding steroid dienone is 1. The summed E-state index contributed by atoms with van der Waals surface area (Å²) in [6, 6.07) is -1.47. The number of hydrogen-bond donors (Lipinski definition) is 1. The first-order valence-electron chi connectivity index (χ1n) is 2.43. The predicted octanol–water partition coefficient (Wildman–Crippen LogP) is -0.362. The normalized spacial score (nSPS) is 25.4. The molecule has 1 N–H and O–H groups in total. The number of hydrogen-bond acceptors (Lipinski definition) is 0. The summed E-state index contributed by atoms with van der Waals surface area (Å²) in [4.78, 5) is 2.14. The minimum atomic E-state index is -4.15. The topological polar surface area (TPSA) is 14.0 Å². The maximum atomic E-state index is 11.6. The Kier molecular flexibility index (Phi) is 1.31. The van der Waals surface area contributed by atoms with Crippen molar-refractivity contribution < 1.29 is 18.2 Å². The van der Waals surface area contributed by atoms with Gasteiger partial charge in [-0.05, 0) is 6.08 Å². The van der Waals surface area contributed by atoms with Crippen molar-refractivity contribution in [2.45, 2.75) is 12.2 Å². The van der Waals surface area contributed by atoms with Crippen LogP contribution in [-0.2, 0) is 0 Å². The van der Waals surface area contributed by atoms with Crippen LogP contribution in [0.1, 0.15) is 0 Å². The van der Waals surface area contributed by atoms with Crippen LogP contribution in [0, 0.1) is 0 Å². The van der Waals surface area contributed by atoms with Crippen LogP contribution >= 0.6 is 0 Å². The molecule has 0 aliphatic carbocycles. The summed E-state index contributed by atoms with van der Waals surface area (Å²) in [5, 5.41) is 0. The third-order valence-electron chi connectivity index (χ3n) is 1.03. The Hall–Kier alpha value is -0.800. The molecule has 1 heterocycles. The van der Waals surface area contributed by atoms with Crippen molar-refractivity contribution in [3.05, 3.63) is 12.2 Å². The molecule has 0 amide bonds. The molecular weight excluding hydrogens is 131 g/mol. The lowest BCUT2D eigenvalue weighted by molar-refractivity contribution is -0.525. The lowest BCUT2D eigenvalue weighted by atomic mass is 10.3. The monoisotopic (exact) mass is 136 g/mol. The fraction of sp³-hybridized carbons (Fsp3) is 0.400. The molecule has 1 nitrogen and oxygen atoms in total. The molecule has 1 atom stereocenters. The Labute approximate surface area is 49.9 Å². The lowest BCUT2D eigenvalue weighted by Crippen LogP contribution is -2.78. The molecule has 0 fully saturated rings. The van der Waals surface area contributed by atoms with Crippen LogP contribution in [0.15, 0.2) is 12.2 Å². The highest BCUT2D eigenvalue weighted by Gasteiger charge is 2.43. The summed E-state index contributed by atoms with van der Waals surface area (Å²) < 4.78 is 34.9. The van der Waals surface area contributed by atoms with Gasteiger partial charge in [0.05, 0.1) is 0 Å². The van der Waals surface area contributed by atoms with E-state index in [0.29, 0.717) is 0 Å². The van der Waals surface area contributed by atoms with Crippen LogP contribution in [0.4, 0.5) is 13.2 Å². The fourth-order valence-electron chi connectivity index (χ4n) is 0.585. The largest absolute Gasteiger partial charge is 0.455 e.